The maximum Gasteiger partial charge on any atom is 0.0681 e. The number of aromatic nitrogens is 1. The lowest BCUT2D eigenvalue weighted by Crippen LogP contribution is -2.36. The maximum absolute atomic E-state index is 6.36. The van der Waals surface area contributed by atoms with Crippen molar-refractivity contribution in [3.8, 4) is 0 Å². The molecule has 1 aliphatic heterocycles. The average Bonchev–Trinajstić information content (AvgIpc) is 2.47. The largest absolute Gasteiger partial charge is 0.369 e. The van der Waals surface area contributed by atoms with Crippen molar-refractivity contribution in [3.05, 3.63) is 29.0 Å². The Morgan fingerprint density at radius 1 is 1.39 bits per heavy atom. The van der Waals surface area contributed by atoms with Crippen molar-refractivity contribution in [2.24, 2.45) is 11.7 Å². The van der Waals surface area contributed by atoms with Crippen LogP contribution in [0.3, 0.4) is 0 Å². The SMILES string of the molecule is CC1(C)CC(C(N)c2ccc(Cl)cn2)C(C)(C)O1. The van der Waals surface area contributed by atoms with Crippen LogP contribution in [0, 0.1) is 5.92 Å². The molecule has 100 valence electrons. The summed E-state index contributed by atoms with van der Waals surface area (Å²) in [6.07, 6.45) is 2.58. The Morgan fingerprint density at radius 2 is 2.06 bits per heavy atom. The van der Waals surface area contributed by atoms with E-state index in [1.807, 2.05) is 12.1 Å². The van der Waals surface area contributed by atoms with Gasteiger partial charge in [-0.25, -0.2) is 0 Å². The zero-order chi connectivity index (χ0) is 13.6. The highest BCUT2D eigenvalue weighted by atomic mass is 35.5. The number of hydrogen-bond acceptors (Lipinski definition) is 3. The van der Waals surface area contributed by atoms with Crippen molar-refractivity contribution >= 4 is 11.6 Å². The summed E-state index contributed by atoms with van der Waals surface area (Å²) in [5.41, 5.74) is 6.88. The van der Waals surface area contributed by atoms with Gasteiger partial charge in [-0.15, -0.1) is 0 Å². The molecule has 0 amide bonds. The van der Waals surface area contributed by atoms with E-state index in [0.717, 1.165) is 12.1 Å². The molecular formula is C14H21ClN2O. The summed E-state index contributed by atoms with van der Waals surface area (Å²) in [5, 5.41) is 0.633. The minimum atomic E-state index is -0.232. The molecule has 0 aromatic carbocycles. The summed E-state index contributed by atoms with van der Waals surface area (Å²) >= 11 is 5.85. The number of halogens is 1. The van der Waals surface area contributed by atoms with Crippen LogP contribution in [-0.4, -0.2) is 16.2 Å². The molecule has 0 saturated carbocycles. The van der Waals surface area contributed by atoms with Crippen LogP contribution in [-0.2, 0) is 4.74 Å². The fourth-order valence-corrected chi connectivity index (χ4v) is 3.07. The van der Waals surface area contributed by atoms with Crippen LogP contribution in [0.1, 0.15) is 45.9 Å². The molecule has 0 radical (unpaired) electrons. The van der Waals surface area contributed by atoms with Gasteiger partial charge in [-0.3, -0.25) is 4.98 Å². The van der Waals surface area contributed by atoms with Crippen LogP contribution < -0.4 is 5.73 Å². The van der Waals surface area contributed by atoms with Gasteiger partial charge in [-0.2, -0.15) is 0 Å². The fraction of sp³-hybridized carbons (Fsp3) is 0.643. The molecule has 0 aliphatic carbocycles. The highest BCUT2D eigenvalue weighted by Crippen LogP contribution is 2.46. The van der Waals surface area contributed by atoms with Gasteiger partial charge in [0.15, 0.2) is 0 Å². The van der Waals surface area contributed by atoms with Crippen LogP contribution in [0.4, 0.5) is 0 Å². The molecule has 1 aromatic heterocycles. The van der Waals surface area contributed by atoms with E-state index in [-0.39, 0.29) is 23.2 Å². The third-order valence-electron chi connectivity index (χ3n) is 3.67. The topological polar surface area (TPSA) is 48.1 Å². The predicted molar refractivity (Wildman–Crippen MR) is 73.5 cm³/mol. The van der Waals surface area contributed by atoms with Crippen LogP contribution in [0.5, 0.6) is 0 Å². The molecule has 2 unspecified atom stereocenters. The Balaban J connectivity index is 2.23. The third-order valence-corrected chi connectivity index (χ3v) is 3.89. The number of hydrogen-bond donors (Lipinski definition) is 1. The van der Waals surface area contributed by atoms with Gasteiger partial charge in [0, 0.05) is 12.1 Å². The second kappa shape index (κ2) is 4.48. The first-order valence-corrected chi connectivity index (χ1v) is 6.66. The monoisotopic (exact) mass is 268 g/mol. The fourth-order valence-electron chi connectivity index (χ4n) is 2.95. The lowest BCUT2D eigenvalue weighted by Gasteiger charge is -2.30. The molecule has 2 rings (SSSR count). The lowest BCUT2D eigenvalue weighted by atomic mass is 9.80. The Kier molecular flexibility index (Phi) is 3.43. The zero-order valence-electron chi connectivity index (χ0n) is 11.4. The van der Waals surface area contributed by atoms with Gasteiger partial charge in [-0.1, -0.05) is 11.6 Å². The molecule has 18 heavy (non-hydrogen) atoms. The van der Waals surface area contributed by atoms with Crippen molar-refractivity contribution in [1.82, 2.24) is 4.98 Å². The molecule has 3 nitrogen and oxygen atoms in total. The highest BCUT2D eigenvalue weighted by Gasteiger charge is 2.48. The molecule has 2 atom stereocenters. The molecule has 2 heterocycles. The molecule has 1 saturated heterocycles. The van der Waals surface area contributed by atoms with E-state index in [1.165, 1.54) is 0 Å². The van der Waals surface area contributed by atoms with E-state index in [9.17, 15) is 0 Å². The quantitative estimate of drug-likeness (QED) is 0.895. The summed E-state index contributed by atoms with van der Waals surface area (Å²) < 4.78 is 6.08. The van der Waals surface area contributed by atoms with Crippen molar-refractivity contribution in [2.45, 2.75) is 51.4 Å². The molecule has 1 aromatic rings. The highest BCUT2D eigenvalue weighted by molar-refractivity contribution is 6.30. The standard InChI is InChI=1S/C14H21ClN2O/c1-13(2)7-10(14(3,4)18-13)12(16)11-6-5-9(15)8-17-11/h5-6,8,10,12H,7,16H2,1-4H3. The minimum Gasteiger partial charge on any atom is -0.369 e. The van der Waals surface area contributed by atoms with E-state index >= 15 is 0 Å². The molecule has 0 bridgehead atoms. The van der Waals surface area contributed by atoms with E-state index in [4.69, 9.17) is 22.1 Å². The van der Waals surface area contributed by atoms with Gasteiger partial charge in [0.25, 0.3) is 0 Å². The van der Waals surface area contributed by atoms with Gasteiger partial charge in [0.05, 0.1) is 28.0 Å². The smallest absolute Gasteiger partial charge is 0.0681 e. The normalized spacial score (nSPS) is 27.1. The molecular weight excluding hydrogens is 248 g/mol. The van der Waals surface area contributed by atoms with Crippen molar-refractivity contribution < 1.29 is 4.74 Å². The summed E-state index contributed by atoms with van der Waals surface area (Å²) in [5.74, 6) is 0.251. The van der Waals surface area contributed by atoms with Crippen LogP contribution in [0.25, 0.3) is 0 Å². The molecule has 1 aliphatic rings. The van der Waals surface area contributed by atoms with Crippen molar-refractivity contribution in [3.63, 3.8) is 0 Å². The number of rotatable bonds is 2. The van der Waals surface area contributed by atoms with Crippen LogP contribution in [0.2, 0.25) is 5.02 Å². The molecule has 0 spiro atoms. The van der Waals surface area contributed by atoms with Crippen LogP contribution >= 0.6 is 11.6 Å². The van der Waals surface area contributed by atoms with Gasteiger partial charge < -0.3 is 10.5 Å². The zero-order valence-corrected chi connectivity index (χ0v) is 12.2. The first kappa shape index (κ1) is 13.8. The first-order valence-electron chi connectivity index (χ1n) is 6.28. The average molecular weight is 269 g/mol. The van der Waals surface area contributed by atoms with E-state index in [2.05, 4.69) is 32.7 Å². The Hall–Kier alpha value is -0.640. The van der Waals surface area contributed by atoms with E-state index in [0.29, 0.717) is 5.02 Å². The Bertz CT molecular complexity index is 428. The van der Waals surface area contributed by atoms with E-state index < -0.39 is 0 Å². The minimum absolute atomic E-state index is 0.126. The van der Waals surface area contributed by atoms with Gasteiger partial charge in [0.2, 0.25) is 0 Å². The number of ether oxygens (including phenoxy) is 1. The Labute approximate surface area is 114 Å². The van der Waals surface area contributed by atoms with Crippen molar-refractivity contribution in [2.75, 3.05) is 0 Å². The number of pyridine rings is 1. The predicted octanol–water partition coefficient (Wildman–Crippen LogP) is 3.33. The third kappa shape index (κ3) is 2.68. The summed E-state index contributed by atoms with van der Waals surface area (Å²) in [7, 11) is 0. The maximum atomic E-state index is 6.36. The van der Waals surface area contributed by atoms with E-state index in [1.54, 1.807) is 6.20 Å². The molecule has 2 N–H and O–H groups in total. The summed E-state index contributed by atoms with van der Waals surface area (Å²) in [6, 6.07) is 3.60. The van der Waals surface area contributed by atoms with Crippen molar-refractivity contribution in [1.29, 1.82) is 0 Å². The second-order valence-corrected chi connectivity index (χ2v) is 6.64. The van der Waals surface area contributed by atoms with Gasteiger partial charge in [-0.05, 0) is 46.2 Å². The lowest BCUT2D eigenvalue weighted by molar-refractivity contribution is -0.0768. The van der Waals surface area contributed by atoms with Crippen LogP contribution in [0.15, 0.2) is 18.3 Å². The summed E-state index contributed by atoms with van der Waals surface area (Å²) in [6.45, 7) is 8.41. The summed E-state index contributed by atoms with van der Waals surface area (Å²) in [4.78, 5) is 4.32. The molecule has 1 fully saturated rings. The second-order valence-electron chi connectivity index (χ2n) is 6.20. The Morgan fingerprint density at radius 3 is 2.50 bits per heavy atom. The van der Waals surface area contributed by atoms with Gasteiger partial charge in [0.1, 0.15) is 0 Å². The number of nitrogens with zero attached hydrogens (tertiary/aromatic N) is 1. The first-order chi connectivity index (χ1) is 8.21. The molecule has 4 heteroatoms. The van der Waals surface area contributed by atoms with Gasteiger partial charge >= 0.3 is 0 Å². The number of nitrogens with two attached hydrogens (primary N) is 1.